The van der Waals surface area contributed by atoms with Crippen molar-refractivity contribution in [3.8, 4) is 11.5 Å². The number of nitrogens with two attached hydrogens (primary N) is 1. The zero-order valence-electron chi connectivity index (χ0n) is 10.9. The van der Waals surface area contributed by atoms with Crippen LogP contribution in [0.2, 0.25) is 0 Å². The smallest absolute Gasteiger partial charge is 0.231 e. The van der Waals surface area contributed by atoms with Crippen LogP contribution in [0.4, 0.5) is 15.8 Å². The average Bonchev–Trinajstić information content (AvgIpc) is 2.90. The molecule has 5 heteroatoms. The number of hydrogen-bond acceptors (Lipinski definition) is 4. The van der Waals surface area contributed by atoms with Crippen LogP contribution >= 0.6 is 0 Å². The average molecular weight is 274 g/mol. The second kappa shape index (κ2) is 5.38. The maximum atomic E-state index is 14.0. The van der Waals surface area contributed by atoms with Crippen LogP contribution in [0, 0.1) is 5.82 Å². The Balaban J connectivity index is 1.80. The number of fused-ring (bicyclic) bond motifs is 1. The van der Waals surface area contributed by atoms with Crippen LogP contribution in [0.15, 0.2) is 36.4 Å². The molecule has 2 aromatic rings. The molecule has 0 unspecified atom stereocenters. The summed E-state index contributed by atoms with van der Waals surface area (Å²) in [7, 11) is 0. The van der Waals surface area contributed by atoms with Gasteiger partial charge in [-0.25, -0.2) is 4.39 Å². The maximum Gasteiger partial charge on any atom is 0.231 e. The van der Waals surface area contributed by atoms with Gasteiger partial charge in [-0.3, -0.25) is 0 Å². The first-order chi connectivity index (χ1) is 9.76. The van der Waals surface area contributed by atoms with E-state index in [4.69, 9.17) is 15.2 Å². The molecule has 0 saturated carbocycles. The van der Waals surface area contributed by atoms with Crippen molar-refractivity contribution in [1.29, 1.82) is 0 Å². The van der Waals surface area contributed by atoms with E-state index in [2.05, 4.69) is 5.32 Å². The van der Waals surface area contributed by atoms with E-state index in [0.29, 0.717) is 30.2 Å². The summed E-state index contributed by atoms with van der Waals surface area (Å²) in [5.41, 5.74) is 7.52. The van der Waals surface area contributed by atoms with Gasteiger partial charge in [0.25, 0.3) is 0 Å². The van der Waals surface area contributed by atoms with Gasteiger partial charge >= 0.3 is 0 Å². The molecule has 0 spiro atoms. The Morgan fingerprint density at radius 3 is 2.75 bits per heavy atom. The van der Waals surface area contributed by atoms with Crippen LogP contribution in [0.3, 0.4) is 0 Å². The molecular formula is C15H15FN2O2. The minimum atomic E-state index is -0.298. The van der Waals surface area contributed by atoms with E-state index >= 15 is 0 Å². The fraction of sp³-hybridized carbons (Fsp3) is 0.200. The van der Waals surface area contributed by atoms with Crippen molar-refractivity contribution in [3.63, 3.8) is 0 Å². The molecule has 3 N–H and O–H groups in total. The lowest BCUT2D eigenvalue weighted by Gasteiger charge is -2.09. The predicted octanol–water partition coefficient (Wildman–Crippen LogP) is 2.80. The molecule has 3 rings (SSSR count). The third-order valence-corrected chi connectivity index (χ3v) is 3.12. The lowest BCUT2D eigenvalue weighted by Crippen LogP contribution is -2.03. The van der Waals surface area contributed by atoms with Crippen molar-refractivity contribution >= 4 is 11.4 Å². The number of anilines is 2. The Labute approximate surface area is 116 Å². The quantitative estimate of drug-likeness (QED) is 0.900. The molecule has 104 valence electrons. The highest BCUT2D eigenvalue weighted by molar-refractivity contribution is 5.64. The molecule has 0 aliphatic carbocycles. The highest BCUT2D eigenvalue weighted by Gasteiger charge is 2.13. The van der Waals surface area contributed by atoms with Gasteiger partial charge < -0.3 is 20.5 Å². The zero-order chi connectivity index (χ0) is 13.9. The first-order valence-electron chi connectivity index (χ1n) is 6.41. The van der Waals surface area contributed by atoms with E-state index in [1.54, 1.807) is 18.2 Å². The van der Waals surface area contributed by atoms with Crippen LogP contribution in [0.25, 0.3) is 0 Å². The monoisotopic (exact) mass is 274 g/mol. The normalized spacial score (nSPS) is 12.5. The topological polar surface area (TPSA) is 56.5 Å². The number of nitrogens with one attached hydrogen (secondary N) is 1. The van der Waals surface area contributed by atoms with Crippen molar-refractivity contribution < 1.29 is 13.9 Å². The van der Waals surface area contributed by atoms with E-state index in [1.165, 1.54) is 6.07 Å². The van der Waals surface area contributed by atoms with E-state index in [-0.39, 0.29) is 12.6 Å². The fourth-order valence-corrected chi connectivity index (χ4v) is 2.11. The number of ether oxygens (including phenoxy) is 2. The molecule has 0 radical (unpaired) electrons. The molecule has 0 fully saturated rings. The Morgan fingerprint density at radius 1 is 1.10 bits per heavy atom. The van der Waals surface area contributed by atoms with E-state index in [1.807, 2.05) is 12.1 Å². The fourth-order valence-electron chi connectivity index (χ4n) is 2.11. The third kappa shape index (κ3) is 2.53. The summed E-state index contributed by atoms with van der Waals surface area (Å²) in [5, 5.41) is 3.03. The molecule has 0 saturated heterocycles. The maximum absolute atomic E-state index is 14.0. The molecule has 0 aromatic heterocycles. The van der Waals surface area contributed by atoms with E-state index in [9.17, 15) is 4.39 Å². The second-order valence-electron chi connectivity index (χ2n) is 4.55. The van der Waals surface area contributed by atoms with Crippen molar-refractivity contribution in [2.75, 3.05) is 18.7 Å². The number of hydrogen-bond donors (Lipinski definition) is 2. The van der Waals surface area contributed by atoms with Crippen molar-refractivity contribution in [2.24, 2.45) is 5.73 Å². The van der Waals surface area contributed by atoms with Gasteiger partial charge in [-0.15, -0.1) is 0 Å². The molecule has 0 bridgehead atoms. The predicted molar refractivity (Wildman–Crippen MR) is 75.0 cm³/mol. The van der Waals surface area contributed by atoms with Gasteiger partial charge in [0, 0.05) is 11.8 Å². The summed E-state index contributed by atoms with van der Waals surface area (Å²) >= 11 is 0. The molecule has 0 amide bonds. The van der Waals surface area contributed by atoms with Crippen molar-refractivity contribution in [1.82, 2.24) is 0 Å². The highest BCUT2D eigenvalue weighted by atomic mass is 19.1. The number of benzene rings is 2. The largest absolute Gasteiger partial charge is 0.454 e. The first-order valence-corrected chi connectivity index (χ1v) is 6.41. The number of rotatable bonds is 4. The Hall–Kier alpha value is -2.27. The van der Waals surface area contributed by atoms with Gasteiger partial charge in [0.1, 0.15) is 5.82 Å². The summed E-state index contributed by atoms with van der Waals surface area (Å²) < 4.78 is 24.5. The lowest BCUT2D eigenvalue weighted by molar-refractivity contribution is 0.174. The molecular weight excluding hydrogens is 259 g/mol. The summed E-state index contributed by atoms with van der Waals surface area (Å²) in [6.07, 6.45) is 0.668. The Kier molecular flexibility index (Phi) is 3.43. The molecule has 1 aliphatic rings. The molecule has 0 atom stereocenters. The van der Waals surface area contributed by atoms with Crippen LogP contribution < -0.4 is 20.5 Å². The van der Waals surface area contributed by atoms with E-state index < -0.39 is 0 Å². The second-order valence-corrected chi connectivity index (χ2v) is 4.55. The molecule has 4 nitrogen and oxygen atoms in total. The number of halogens is 1. The zero-order valence-corrected chi connectivity index (χ0v) is 10.9. The standard InChI is InChI=1S/C15H15FN2O2/c16-12-7-10(5-6-17)1-3-13(12)18-11-2-4-14-15(8-11)20-9-19-14/h1-4,7-8,18H,5-6,9,17H2. The molecule has 2 aromatic carbocycles. The van der Waals surface area contributed by atoms with Gasteiger partial charge in [0.15, 0.2) is 11.5 Å². The minimum Gasteiger partial charge on any atom is -0.454 e. The Bertz CT molecular complexity index is 631. The van der Waals surface area contributed by atoms with Crippen molar-refractivity contribution in [2.45, 2.75) is 6.42 Å². The molecule has 20 heavy (non-hydrogen) atoms. The van der Waals surface area contributed by atoms with Gasteiger partial charge in [-0.05, 0) is 42.8 Å². The van der Waals surface area contributed by atoms with E-state index in [0.717, 1.165) is 11.3 Å². The minimum absolute atomic E-state index is 0.223. The van der Waals surface area contributed by atoms with Gasteiger partial charge in [0.05, 0.1) is 5.69 Å². The molecule has 1 aliphatic heterocycles. The van der Waals surface area contributed by atoms with Gasteiger partial charge in [-0.2, -0.15) is 0 Å². The summed E-state index contributed by atoms with van der Waals surface area (Å²) in [5.74, 6) is 1.07. The van der Waals surface area contributed by atoms with Gasteiger partial charge in [-0.1, -0.05) is 6.07 Å². The summed E-state index contributed by atoms with van der Waals surface area (Å²) in [6, 6.07) is 10.5. The molecule has 1 heterocycles. The van der Waals surface area contributed by atoms with Crippen LogP contribution in [0.5, 0.6) is 11.5 Å². The summed E-state index contributed by atoms with van der Waals surface area (Å²) in [4.78, 5) is 0. The van der Waals surface area contributed by atoms with Gasteiger partial charge in [0.2, 0.25) is 6.79 Å². The lowest BCUT2D eigenvalue weighted by atomic mass is 10.1. The van der Waals surface area contributed by atoms with Crippen molar-refractivity contribution in [3.05, 3.63) is 47.8 Å². The Morgan fingerprint density at radius 2 is 1.95 bits per heavy atom. The van der Waals surface area contributed by atoms with Crippen LogP contribution in [-0.2, 0) is 6.42 Å². The SMILES string of the molecule is NCCc1ccc(Nc2ccc3c(c2)OCO3)c(F)c1. The first kappa shape index (κ1) is 12.7. The summed E-state index contributed by atoms with van der Waals surface area (Å²) in [6.45, 7) is 0.731. The van der Waals surface area contributed by atoms with Crippen LogP contribution in [-0.4, -0.2) is 13.3 Å². The highest BCUT2D eigenvalue weighted by Crippen LogP contribution is 2.35. The third-order valence-electron chi connectivity index (χ3n) is 3.12. The van der Waals surface area contributed by atoms with Crippen LogP contribution in [0.1, 0.15) is 5.56 Å².